The zero-order valence-electron chi connectivity index (χ0n) is 30.5. The number of rotatable bonds is 6. The first kappa shape index (κ1) is 32.5. The van der Waals surface area contributed by atoms with Gasteiger partial charge in [0.15, 0.2) is 0 Å². The number of pyridine rings is 2. The molecule has 0 N–H and O–H groups in total. The van der Waals surface area contributed by atoms with Crippen molar-refractivity contribution in [2.45, 2.75) is 6.82 Å². The maximum atomic E-state index is 6.78. The summed E-state index contributed by atoms with van der Waals surface area (Å²) in [7, 11) is 0. The number of nitrogens with zero attached hydrogens (tertiary/aromatic N) is 4. The van der Waals surface area contributed by atoms with Gasteiger partial charge in [-0.25, -0.2) is 4.98 Å². The normalized spacial score (nSPS) is 12.3. The molecule has 0 atom stereocenters. The molecule has 11 rings (SSSR count). The number of aromatic nitrogens is 3. The zero-order valence-corrected chi connectivity index (χ0v) is 31.3. The third kappa shape index (κ3) is 5.23. The van der Waals surface area contributed by atoms with E-state index >= 15 is 0 Å². The summed E-state index contributed by atoms with van der Waals surface area (Å²) in [5.74, 6) is 1.73. The Kier molecular flexibility index (Phi) is 7.60. The number of hydrogen-bond acceptors (Lipinski definition) is 5. The van der Waals surface area contributed by atoms with E-state index in [9.17, 15) is 0 Å². The van der Waals surface area contributed by atoms with Crippen LogP contribution in [0.2, 0.25) is 6.82 Å². The number of thiophene rings is 1. The summed E-state index contributed by atoms with van der Waals surface area (Å²) < 4.78 is 11.6. The summed E-state index contributed by atoms with van der Waals surface area (Å²) in [4.78, 5) is 12.9. The van der Waals surface area contributed by atoms with Crippen LogP contribution in [0.3, 0.4) is 0 Å². The third-order valence-corrected chi connectivity index (χ3v) is 12.2. The molecule has 0 unspecified atom stereocenters. The van der Waals surface area contributed by atoms with Gasteiger partial charge in [-0.1, -0.05) is 140 Å². The van der Waals surface area contributed by atoms with E-state index in [0.717, 1.165) is 45.0 Å². The molecule has 0 amide bonds. The van der Waals surface area contributed by atoms with Crippen LogP contribution in [0.15, 0.2) is 182 Å². The number of ether oxygens (including phenoxy) is 1. The van der Waals surface area contributed by atoms with E-state index in [-0.39, 0.29) is 6.71 Å². The van der Waals surface area contributed by atoms with Crippen LogP contribution in [0.5, 0.6) is 11.8 Å². The van der Waals surface area contributed by atoms with E-state index in [4.69, 9.17) is 14.7 Å². The van der Waals surface area contributed by atoms with Gasteiger partial charge in [-0.3, -0.25) is 4.57 Å². The van der Waals surface area contributed by atoms with Crippen LogP contribution >= 0.6 is 11.3 Å². The highest BCUT2D eigenvalue weighted by atomic mass is 32.1. The summed E-state index contributed by atoms with van der Waals surface area (Å²) in [6.45, 7) is 2.40. The lowest BCUT2D eigenvalue weighted by Gasteiger charge is -2.35. The zero-order chi connectivity index (χ0) is 37.2. The highest BCUT2D eigenvalue weighted by Gasteiger charge is 2.38. The predicted molar refractivity (Wildman–Crippen MR) is 235 cm³/mol. The van der Waals surface area contributed by atoms with E-state index in [0.29, 0.717) is 11.8 Å². The minimum absolute atomic E-state index is 0.0828. The van der Waals surface area contributed by atoms with Crippen molar-refractivity contribution in [3.8, 4) is 40.0 Å². The summed E-state index contributed by atoms with van der Waals surface area (Å²) in [5.41, 5.74) is 11.0. The Balaban J connectivity index is 1.12. The van der Waals surface area contributed by atoms with Gasteiger partial charge in [0.2, 0.25) is 18.5 Å². The fourth-order valence-electron chi connectivity index (χ4n) is 8.41. The quantitative estimate of drug-likeness (QED) is 0.159. The first-order chi connectivity index (χ1) is 27.7. The molecule has 1 aliphatic rings. The van der Waals surface area contributed by atoms with Crippen molar-refractivity contribution >= 4 is 77.2 Å². The summed E-state index contributed by atoms with van der Waals surface area (Å²) >= 11 is 1.87. The monoisotopic (exact) mass is 736 g/mol. The Hall–Kier alpha value is -6.96. The highest BCUT2D eigenvalue weighted by molar-refractivity contribution is 7.31. The molecule has 0 bridgehead atoms. The van der Waals surface area contributed by atoms with Crippen molar-refractivity contribution < 1.29 is 4.74 Å². The van der Waals surface area contributed by atoms with Crippen LogP contribution in [-0.4, -0.2) is 21.2 Å². The number of fused-ring (bicyclic) bond motifs is 7. The highest BCUT2D eigenvalue weighted by Crippen LogP contribution is 2.46. The van der Waals surface area contributed by atoms with Crippen LogP contribution in [-0.2, 0) is 0 Å². The van der Waals surface area contributed by atoms with Gasteiger partial charge in [0.05, 0.1) is 22.4 Å². The first-order valence-electron chi connectivity index (χ1n) is 18.9. The first-order valence-corrected chi connectivity index (χ1v) is 19.7. The number of para-hydroxylation sites is 2. The molecule has 0 spiro atoms. The molecule has 10 aromatic rings. The van der Waals surface area contributed by atoms with Gasteiger partial charge in [-0.05, 0) is 58.6 Å². The largest absolute Gasteiger partial charge is 0.421 e. The lowest BCUT2D eigenvalue weighted by atomic mass is 9.43. The molecule has 4 aromatic heterocycles. The molecular formula is C49H33BN4OS. The molecule has 1 aliphatic heterocycles. The fourth-order valence-corrected chi connectivity index (χ4v) is 9.66. The second-order valence-electron chi connectivity index (χ2n) is 14.2. The second kappa shape index (κ2) is 13.1. The molecular weight excluding hydrogens is 703 g/mol. The van der Waals surface area contributed by atoms with E-state index in [1.54, 1.807) is 0 Å². The van der Waals surface area contributed by atoms with Gasteiger partial charge < -0.3 is 9.64 Å². The van der Waals surface area contributed by atoms with E-state index < -0.39 is 0 Å². The predicted octanol–water partition coefficient (Wildman–Crippen LogP) is 11.9. The molecule has 5 heterocycles. The van der Waals surface area contributed by atoms with Crippen molar-refractivity contribution in [1.29, 1.82) is 0 Å². The SMILES string of the molecule is CB1c2sc3ccccc3c2N(c2cccc(-c3ccccc3)c2)c2cc(Oc3cccc(-n4c5ccccc5c5ccccc54)n3)nc(-c3ccccc3)c21. The maximum absolute atomic E-state index is 6.78. The number of benzene rings is 6. The smallest absolute Gasteiger partial charge is 0.227 e. The minimum Gasteiger partial charge on any atom is -0.421 e. The standard InChI is InChI=1S/C49H33BN4OS/c1-50-46-41(53(48-38-24-10-13-27-42(38)56-49(48)50)35-21-14-20-34(30-35)32-16-4-2-5-17-32)31-45(52-47(46)33-18-6-3-7-19-33)55-44-29-15-28-43(51-44)54-39-25-11-8-22-36(39)37-23-9-12-26-40(37)54/h2-31H,1H3. The number of hydrogen-bond donors (Lipinski definition) is 0. The van der Waals surface area contributed by atoms with E-state index in [1.165, 1.54) is 42.3 Å². The Morgan fingerprint density at radius 2 is 1.16 bits per heavy atom. The second-order valence-corrected chi connectivity index (χ2v) is 15.3. The molecule has 56 heavy (non-hydrogen) atoms. The third-order valence-electron chi connectivity index (χ3n) is 10.9. The molecule has 0 saturated carbocycles. The topological polar surface area (TPSA) is 43.2 Å². The van der Waals surface area contributed by atoms with Gasteiger partial charge >= 0.3 is 0 Å². The van der Waals surface area contributed by atoms with Crippen LogP contribution in [0.4, 0.5) is 17.1 Å². The van der Waals surface area contributed by atoms with Crippen molar-refractivity contribution in [3.05, 3.63) is 182 Å². The van der Waals surface area contributed by atoms with Crippen molar-refractivity contribution in [3.63, 3.8) is 0 Å². The van der Waals surface area contributed by atoms with Crippen molar-refractivity contribution in [2.24, 2.45) is 0 Å². The molecule has 0 saturated heterocycles. The van der Waals surface area contributed by atoms with E-state index in [1.807, 2.05) is 29.5 Å². The molecule has 0 aliphatic carbocycles. The molecule has 264 valence electrons. The Morgan fingerprint density at radius 3 is 1.91 bits per heavy atom. The van der Waals surface area contributed by atoms with Crippen molar-refractivity contribution in [2.75, 3.05) is 4.90 Å². The molecule has 7 heteroatoms. The molecule has 6 aromatic carbocycles. The van der Waals surface area contributed by atoms with Crippen LogP contribution in [0, 0.1) is 0 Å². The van der Waals surface area contributed by atoms with Crippen LogP contribution in [0.25, 0.3) is 60.1 Å². The molecule has 0 fully saturated rings. The number of anilines is 3. The van der Waals surface area contributed by atoms with Gasteiger partial charge in [0.1, 0.15) is 5.82 Å². The van der Waals surface area contributed by atoms with Gasteiger partial charge in [0, 0.05) is 49.1 Å². The summed E-state index contributed by atoms with van der Waals surface area (Å²) in [6, 6.07) is 63.7. The fraction of sp³-hybridized carbons (Fsp3) is 0.0204. The Morgan fingerprint density at radius 1 is 0.536 bits per heavy atom. The average Bonchev–Trinajstić information content (AvgIpc) is 3.81. The minimum atomic E-state index is 0.0828. The molecule has 5 nitrogen and oxygen atoms in total. The Bertz CT molecular complexity index is 3050. The lowest BCUT2D eigenvalue weighted by molar-refractivity contribution is 0.445. The van der Waals surface area contributed by atoms with E-state index in [2.05, 4.69) is 180 Å². The lowest BCUT2D eigenvalue weighted by Crippen LogP contribution is -2.47. The maximum Gasteiger partial charge on any atom is 0.227 e. The summed E-state index contributed by atoms with van der Waals surface area (Å²) in [5, 5.41) is 3.60. The van der Waals surface area contributed by atoms with Gasteiger partial charge in [0.25, 0.3) is 0 Å². The van der Waals surface area contributed by atoms with Crippen LogP contribution < -0.4 is 19.9 Å². The molecule has 0 radical (unpaired) electrons. The Labute approximate surface area is 328 Å². The van der Waals surface area contributed by atoms with Gasteiger partial charge in [-0.2, -0.15) is 4.98 Å². The average molecular weight is 737 g/mol. The summed E-state index contributed by atoms with van der Waals surface area (Å²) in [6.07, 6.45) is 0. The van der Waals surface area contributed by atoms with Gasteiger partial charge in [-0.15, -0.1) is 11.3 Å². The van der Waals surface area contributed by atoms with Crippen LogP contribution in [0.1, 0.15) is 0 Å². The van der Waals surface area contributed by atoms with Crippen molar-refractivity contribution in [1.82, 2.24) is 14.5 Å².